The Balaban J connectivity index is 0.000000218. The van der Waals surface area contributed by atoms with Gasteiger partial charge in [-0.2, -0.15) is 0 Å². The van der Waals surface area contributed by atoms with Crippen molar-refractivity contribution in [2.45, 2.75) is 0 Å². The highest BCUT2D eigenvalue weighted by atomic mass is 16.4. The highest BCUT2D eigenvalue weighted by Gasteiger charge is 2.18. The maximum Gasteiger partial charge on any atom is 0.328 e. The molecule has 168 valence electrons. The zero-order chi connectivity index (χ0) is 24.1. The summed E-state index contributed by atoms with van der Waals surface area (Å²) in [5, 5.41) is 55.3. The van der Waals surface area contributed by atoms with Gasteiger partial charge >= 0.3 is 5.97 Å². The molecule has 9 nitrogen and oxygen atoms in total. The summed E-state index contributed by atoms with van der Waals surface area (Å²) in [5.74, 6) is -2.31. The number of carbonyl (C=O) groups is 1. The molecule has 0 aliphatic carbocycles. The van der Waals surface area contributed by atoms with Crippen molar-refractivity contribution in [2.75, 3.05) is 0 Å². The number of aromatic hydroxyl groups is 5. The predicted octanol–water partition coefficient (Wildman–Crippen LogP) is 3.77. The van der Waals surface area contributed by atoms with Crippen molar-refractivity contribution < 1.29 is 39.9 Å². The molecule has 0 amide bonds. The molecule has 0 bridgehead atoms. The molecule has 9 heteroatoms. The second-order valence-electron chi connectivity index (χ2n) is 6.76. The van der Waals surface area contributed by atoms with E-state index >= 15 is 0 Å². The third kappa shape index (κ3) is 5.42. The van der Waals surface area contributed by atoms with Crippen molar-refractivity contribution in [2.24, 2.45) is 0 Å². The molecule has 33 heavy (non-hydrogen) atoms. The molecule has 1 heterocycles. The van der Waals surface area contributed by atoms with Crippen LogP contribution >= 0.6 is 0 Å². The van der Waals surface area contributed by atoms with Crippen molar-refractivity contribution >= 4 is 23.0 Å². The van der Waals surface area contributed by atoms with Gasteiger partial charge in [-0.1, -0.05) is 12.1 Å². The lowest BCUT2D eigenvalue weighted by molar-refractivity contribution is -0.131. The van der Waals surface area contributed by atoms with Crippen molar-refractivity contribution in [1.29, 1.82) is 0 Å². The normalized spacial score (nSPS) is 10.7. The smallest absolute Gasteiger partial charge is 0.328 e. The topological polar surface area (TPSA) is 169 Å². The summed E-state index contributed by atoms with van der Waals surface area (Å²) in [4.78, 5) is 22.2. The fourth-order valence-electron chi connectivity index (χ4n) is 2.84. The van der Waals surface area contributed by atoms with Gasteiger partial charge in [0.15, 0.2) is 5.76 Å². The highest BCUT2D eigenvalue weighted by Crippen LogP contribution is 2.35. The molecule has 0 unspecified atom stereocenters. The minimum Gasteiger partial charge on any atom is -0.508 e. The Labute approximate surface area is 186 Å². The second kappa shape index (κ2) is 9.48. The summed E-state index contributed by atoms with van der Waals surface area (Å²) in [6, 6.07) is 14.1. The second-order valence-corrected chi connectivity index (χ2v) is 6.76. The van der Waals surface area contributed by atoms with Gasteiger partial charge in [0, 0.05) is 23.8 Å². The number of benzene rings is 3. The molecule has 0 spiro atoms. The van der Waals surface area contributed by atoms with Gasteiger partial charge in [0.25, 0.3) is 0 Å². The van der Waals surface area contributed by atoms with Gasteiger partial charge in [-0.15, -0.1) is 0 Å². The first kappa shape index (κ1) is 22.8. The first-order chi connectivity index (χ1) is 15.7. The fourth-order valence-corrected chi connectivity index (χ4v) is 2.84. The van der Waals surface area contributed by atoms with Crippen molar-refractivity contribution in [3.8, 4) is 40.1 Å². The third-order valence-corrected chi connectivity index (χ3v) is 4.38. The lowest BCUT2D eigenvalue weighted by Crippen LogP contribution is -2.02. The Bertz CT molecular complexity index is 1380. The predicted molar refractivity (Wildman–Crippen MR) is 119 cm³/mol. The summed E-state index contributed by atoms with van der Waals surface area (Å²) in [5.41, 5.74) is 0.248. The van der Waals surface area contributed by atoms with E-state index in [4.69, 9.17) is 14.6 Å². The van der Waals surface area contributed by atoms with E-state index < -0.39 is 22.9 Å². The number of fused-ring (bicyclic) bond motifs is 1. The SMILES string of the molecule is O=C(O)/C=C/c1ccc(O)cc1.O=c1c(O)c(-c2ccc(O)cc2)oc2cc(O)cc(O)c12. The number of phenols is 4. The molecule has 6 N–H and O–H groups in total. The van der Waals surface area contributed by atoms with Gasteiger partial charge < -0.3 is 35.1 Å². The minimum atomic E-state index is -0.983. The molecular formula is C24H18O9. The van der Waals surface area contributed by atoms with Gasteiger partial charge in [0.1, 0.15) is 34.0 Å². The first-order valence-electron chi connectivity index (χ1n) is 9.37. The fraction of sp³-hybridized carbons (Fsp3) is 0. The molecule has 0 atom stereocenters. The quantitative estimate of drug-likeness (QED) is 0.254. The molecule has 4 aromatic rings. The maximum atomic E-state index is 12.1. The van der Waals surface area contributed by atoms with Gasteiger partial charge in [0.2, 0.25) is 11.2 Å². The standard InChI is InChI=1S/C15H10O6.C9H8O3/c16-8-3-1-7(2-4-8)15-14(20)13(19)12-10(18)5-9(17)6-11(12)21-15;10-8-4-1-7(2-5-8)3-6-9(11)12/h1-6,16-18,20H;1-6,10H,(H,11,12)/b;6-3+. The minimum absolute atomic E-state index is 0.0247. The highest BCUT2D eigenvalue weighted by molar-refractivity contribution is 5.88. The summed E-state index contributed by atoms with van der Waals surface area (Å²) in [6.07, 6.45) is 2.51. The number of hydrogen-bond donors (Lipinski definition) is 6. The molecule has 0 radical (unpaired) electrons. The van der Waals surface area contributed by atoms with E-state index in [9.17, 15) is 30.0 Å². The Kier molecular flexibility index (Phi) is 6.54. The number of rotatable bonds is 3. The first-order valence-corrected chi connectivity index (χ1v) is 9.37. The van der Waals surface area contributed by atoms with Crippen LogP contribution in [0, 0.1) is 0 Å². The van der Waals surface area contributed by atoms with Crippen LogP contribution in [0.4, 0.5) is 0 Å². The molecule has 0 aliphatic heterocycles. The number of carboxylic acids is 1. The number of aliphatic carboxylic acids is 1. The summed E-state index contributed by atoms with van der Waals surface area (Å²) in [6.45, 7) is 0. The summed E-state index contributed by atoms with van der Waals surface area (Å²) < 4.78 is 5.41. The zero-order valence-electron chi connectivity index (χ0n) is 16.8. The van der Waals surface area contributed by atoms with Gasteiger partial charge in [-0.25, -0.2) is 4.79 Å². The summed E-state index contributed by atoms with van der Waals surface area (Å²) in [7, 11) is 0. The molecule has 4 rings (SSSR count). The Morgan fingerprint density at radius 3 is 1.94 bits per heavy atom. The third-order valence-electron chi connectivity index (χ3n) is 4.38. The van der Waals surface area contributed by atoms with Crippen molar-refractivity contribution in [3.63, 3.8) is 0 Å². The van der Waals surface area contributed by atoms with E-state index in [-0.39, 0.29) is 34.0 Å². The van der Waals surface area contributed by atoms with Gasteiger partial charge in [0.05, 0.1) is 0 Å². The van der Waals surface area contributed by atoms with Crippen LogP contribution in [-0.4, -0.2) is 36.6 Å². The van der Waals surface area contributed by atoms with Gasteiger partial charge in [-0.3, -0.25) is 4.79 Å². The van der Waals surface area contributed by atoms with Crippen LogP contribution < -0.4 is 5.43 Å². The van der Waals surface area contributed by atoms with E-state index in [0.717, 1.165) is 17.7 Å². The van der Waals surface area contributed by atoms with Gasteiger partial charge in [-0.05, 0) is 48.0 Å². The van der Waals surface area contributed by atoms with E-state index in [1.54, 1.807) is 12.1 Å². The van der Waals surface area contributed by atoms with Crippen molar-refractivity contribution in [1.82, 2.24) is 0 Å². The Hall–Kier alpha value is -4.92. The van der Waals surface area contributed by atoms with E-state index in [1.165, 1.54) is 48.5 Å². The molecule has 3 aromatic carbocycles. The monoisotopic (exact) mass is 450 g/mol. The zero-order valence-corrected chi connectivity index (χ0v) is 16.8. The van der Waals surface area contributed by atoms with E-state index in [0.29, 0.717) is 5.56 Å². The van der Waals surface area contributed by atoms with E-state index in [1.807, 2.05) is 0 Å². The van der Waals surface area contributed by atoms with Crippen LogP contribution in [0.2, 0.25) is 0 Å². The molecular weight excluding hydrogens is 432 g/mol. The molecule has 1 aromatic heterocycles. The lowest BCUT2D eigenvalue weighted by atomic mass is 10.1. The Morgan fingerprint density at radius 1 is 0.788 bits per heavy atom. The van der Waals surface area contributed by atoms with Crippen LogP contribution in [0.15, 0.2) is 76.0 Å². The van der Waals surface area contributed by atoms with Crippen LogP contribution in [-0.2, 0) is 4.79 Å². The molecule has 0 aliphatic rings. The number of carboxylic acid groups (broad SMARTS) is 1. The summed E-state index contributed by atoms with van der Waals surface area (Å²) >= 11 is 0. The lowest BCUT2D eigenvalue weighted by Gasteiger charge is -2.07. The number of hydrogen-bond acceptors (Lipinski definition) is 8. The molecule has 0 fully saturated rings. The maximum absolute atomic E-state index is 12.1. The van der Waals surface area contributed by atoms with Crippen LogP contribution in [0.3, 0.4) is 0 Å². The van der Waals surface area contributed by atoms with Crippen LogP contribution in [0.1, 0.15) is 5.56 Å². The largest absolute Gasteiger partial charge is 0.508 e. The number of phenolic OH excluding ortho intramolecular Hbond substituents is 4. The van der Waals surface area contributed by atoms with Crippen LogP contribution in [0.25, 0.3) is 28.4 Å². The molecule has 0 saturated carbocycles. The van der Waals surface area contributed by atoms with Crippen molar-refractivity contribution in [3.05, 3.63) is 82.5 Å². The average Bonchev–Trinajstić information content (AvgIpc) is 2.76. The molecule has 0 saturated heterocycles. The average molecular weight is 450 g/mol. The van der Waals surface area contributed by atoms with Crippen LogP contribution in [0.5, 0.6) is 28.7 Å². The van der Waals surface area contributed by atoms with E-state index in [2.05, 4.69) is 0 Å². The Morgan fingerprint density at radius 2 is 1.36 bits per heavy atom.